The molecule has 3 aliphatic rings. The quantitative estimate of drug-likeness (QED) is 0.441. The molecule has 0 aromatic carbocycles. The third-order valence-electron chi connectivity index (χ3n) is 4.36. The average molecular weight is 260 g/mol. The van der Waals surface area contributed by atoms with Crippen molar-refractivity contribution in [1.29, 1.82) is 0 Å². The Morgan fingerprint density at radius 3 is 1.56 bits per heavy atom. The Morgan fingerprint density at radius 1 is 0.667 bits per heavy atom. The van der Waals surface area contributed by atoms with Crippen molar-refractivity contribution in [1.82, 2.24) is 0 Å². The number of hydrogen-bond acceptors (Lipinski definition) is 6. The maximum absolute atomic E-state index is 9.92. The minimum absolute atomic E-state index is 0.728. The molecule has 0 amide bonds. The first-order valence-corrected chi connectivity index (χ1v) is 6.62. The standard InChI is InChI=1S/C12H20O6/c13-6-7(14)9(16)11-10(8(6)15)17-12(18-11)4-2-1-3-5-12/h6-11,13-16H,1-5H2/t6-,7-,8+,9+,10-,11+/m1/s1. The highest BCUT2D eigenvalue weighted by atomic mass is 16.8. The minimum atomic E-state index is -1.40. The number of aliphatic hydroxyl groups is 4. The van der Waals surface area contributed by atoms with Crippen LogP contribution in [0, 0.1) is 0 Å². The van der Waals surface area contributed by atoms with Crippen LogP contribution in [-0.4, -0.2) is 62.8 Å². The van der Waals surface area contributed by atoms with Gasteiger partial charge < -0.3 is 29.9 Å². The van der Waals surface area contributed by atoms with Crippen LogP contribution in [0.5, 0.6) is 0 Å². The molecule has 1 saturated heterocycles. The van der Waals surface area contributed by atoms with E-state index in [4.69, 9.17) is 9.47 Å². The zero-order valence-electron chi connectivity index (χ0n) is 10.1. The van der Waals surface area contributed by atoms with Gasteiger partial charge in [0.05, 0.1) is 0 Å². The summed E-state index contributed by atoms with van der Waals surface area (Å²) in [5.41, 5.74) is 0. The lowest BCUT2D eigenvalue weighted by Gasteiger charge is -2.38. The lowest BCUT2D eigenvalue weighted by Crippen LogP contribution is -2.62. The Morgan fingerprint density at radius 2 is 1.11 bits per heavy atom. The summed E-state index contributed by atoms with van der Waals surface area (Å²) in [4.78, 5) is 0. The van der Waals surface area contributed by atoms with Crippen molar-refractivity contribution in [3.63, 3.8) is 0 Å². The Labute approximate surface area is 105 Å². The molecule has 6 heteroatoms. The highest BCUT2D eigenvalue weighted by molar-refractivity contribution is 5.04. The molecule has 0 bridgehead atoms. The van der Waals surface area contributed by atoms with Crippen molar-refractivity contribution in [2.75, 3.05) is 0 Å². The molecule has 0 unspecified atom stereocenters. The summed E-state index contributed by atoms with van der Waals surface area (Å²) < 4.78 is 11.6. The van der Waals surface area contributed by atoms with Crippen molar-refractivity contribution in [3.8, 4) is 0 Å². The average Bonchev–Trinajstić information content (AvgIpc) is 2.74. The molecule has 4 N–H and O–H groups in total. The first-order valence-electron chi connectivity index (χ1n) is 6.62. The van der Waals surface area contributed by atoms with E-state index >= 15 is 0 Å². The second kappa shape index (κ2) is 4.40. The topological polar surface area (TPSA) is 99.4 Å². The molecule has 6 atom stereocenters. The number of rotatable bonds is 0. The molecule has 0 radical (unpaired) electrons. The number of aliphatic hydroxyl groups excluding tert-OH is 4. The number of fused-ring (bicyclic) bond motifs is 1. The molecule has 104 valence electrons. The van der Waals surface area contributed by atoms with Gasteiger partial charge in [-0.25, -0.2) is 0 Å². The molecule has 0 aromatic heterocycles. The molecular formula is C12H20O6. The second-order valence-electron chi connectivity index (χ2n) is 5.60. The van der Waals surface area contributed by atoms with E-state index in [1.54, 1.807) is 0 Å². The Kier molecular flexibility index (Phi) is 3.12. The van der Waals surface area contributed by atoms with Gasteiger partial charge in [0.15, 0.2) is 5.79 Å². The molecule has 1 spiro atoms. The summed E-state index contributed by atoms with van der Waals surface area (Å²) in [7, 11) is 0. The molecule has 6 nitrogen and oxygen atoms in total. The minimum Gasteiger partial charge on any atom is -0.387 e. The fraction of sp³-hybridized carbons (Fsp3) is 1.00. The predicted molar refractivity (Wildman–Crippen MR) is 59.6 cm³/mol. The van der Waals surface area contributed by atoms with Gasteiger partial charge >= 0.3 is 0 Å². The van der Waals surface area contributed by atoms with E-state index in [0.29, 0.717) is 0 Å². The van der Waals surface area contributed by atoms with E-state index in [-0.39, 0.29) is 0 Å². The zero-order chi connectivity index (χ0) is 12.9. The lowest BCUT2D eigenvalue weighted by molar-refractivity contribution is -0.203. The van der Waals surface area contributed by atoms with Crippen LogP contribution in [0.3, 0.4) is 0 Å². The molecule has 3 rings (SSSR count). The third-order valence-corrected chi connectivity index (χ3v) is 4.36. The van der Waals surface area contributed by atoms with E-state index in [0.717, 1.165) is 32.1 Å². The fourth-order valence-corrected chi connectivity index (χ4v) is 3.30. The van der Waals surface area contributed by atoms with Crippen LogP contribution in [0.25, 0.3) is 0 Å². The van der Waals surface area contributed by atoms with E-state index in [2.05, 4.69) is 0 Å². The summed E-state index contributed by atoms with van der Waals surface area (Å²) >= 11 is 0. The van der Waals surface area contributed by atoms with Crippen LogP contribution in [-0.2, 0) is 9.47 Å². The van der Waals surface area contributed by atoms with E-state index in [1.165, 1.54) is 0 Å². The first-order chi connectivity index (χ1) is 8.54. The summed E-state index contributed by atoms with van der Waals surface area (Å²) in [5.74, 6) is -0.751. The van der Waals surface area contributed by atoms with Gasteiger partial charge in [-0.2, -0.15) is 0 Å². The van der Waals surface area contributed by atoms with Crippen molar-refractivity contribution in [2.45, 2.75) is 74.5 Å². The van der Waals surface area contributed by atoms with Gasteiger partial charge in [-0.3, -0.25) is 0 Å². The summed E-state index contributed by atoms with van der Waals surface area (Å²) in [6, 6.07) is 0. The van der Waals surface area contributed by atoms with Crippen LogP contribution in [0.2, 0.25) is 0 Å². The lowest BCUT2D eigenvalue weighted by atomic mass is 9.85. The van der Waals surface area contributed by atoms with Gasteiger partial charge in [-0.05, 0) is 12.8 Å². The highest BCUT2D eigenvalue weighted by Crippen LogP contribution is 2.44. The molecule has 1 aliphatic heterocycles. The van der Waals surface area contributed by atoms with Crippen LogP contribution in [0.4, 0.5) is 0 Å². The Bertz CT molecular complexity index is 292. The molecular weight excluding hydrogens is 240 g/mol. The van der Waals surface area contributed by atoms with Crippen molar-refractivity contribution >= 4 is 0 Å². The van der Waals surface area contributed by atoms with Gasteiger partial charge in [0, 0.05) is 12.8 Å². The third kappa shape index (κ3) is 1.79. The predicted octanol–water partition coefficient (Wildman–Crippen LogP) is -1.11. The molecule has 2 saturated carbocycles. The number of hydrogen-bond donors (Lipinski definition) is 4. The summed E-state index contributed by atoms with van der Waals surface area (Å²) in [6.07, 6.45) is -2.24. The van der Waals surface area contributed by atoms with Gasteiger partial charge in [-0.15, -0.1) is 0 Å². The second-order valence-corrected chi connectivity index (χ2v) is 5.60. The monoisotopic (exact) mass is 260 g/mol. The van der Waals surface area contributed by atoms with Gasteiger partial charge in [-0.1, -0.05) is 6.42 Å². The number of ether oxygens (including phenoxy) is 2. The van der Waals surface area contributed by atoms with Crippen molar-refractivity contribution in [2.24, 2.45) is 0 Å². The van der Waals surface area contributed by atoms with E-state index in [9.17, 15) is 20.4 Å². The fourth-order valence-electron chi connectivity index (χ4n) is 3.30. The normalized spacial score (nSPS) is 51.3. The Hall–Kier alpha value is -0.240. The largest absolute Gasteiger partial charge is 0.387 e. The van der Waals surface area contributed by atoms with Crippen LogP contribution < -0.4 is 0 Å². The van der Waals surface area contributed by atoms with E-state index in [1.807, 2.05) is 0 Å². The van der Waals surface area contributed by atoms with Crippen molar-refractivity contribution in [3.05, 3.63) is 0 Å². The van der Waals surface area contributed by atoms with Gasteiger partial charge in [0.2, 0.25) is 0 Å². The molecule has 18 heavy (non-hydrogen) atoms. The SMILES string of the molecule is O[C@@H]1[C@@H](O)[C@H](O)[C@@H]2OC3(CCCCC3)O[C@@H]2[C@H]1O. The van der Waals surface area contributed by atoms with E-state index < -0.39 is 42.4 Å². The summed E-state index contributed by atoms with van der Waals surface area (Å²) in [6.45, 7) is 0. The van der Waals surface area contributed by atoms with Gasteiger partial charge in [0.1, 0.15) is 36.6 Å². The van der Waals surface area contributed by atoms with Crippen LogP contribution in [0.15, 0.2) is 0 Å². The zero-order valence-corrected chi connectivity index (χ0v) is 10.1. The molecule has 2 aliphatic carbocycles. The molecule has 0 aromatic rings. The Balaban J connectivity index is 1.82. The molecule has 1 heterocycles. The van der Waals surface area contributed by atoms with Crippen LogP contribution in [0.1, 0.15) is 32.1 Å². The smallest absolute Gasteiger partial charge is 0.169 e. The summed E-state index contributed by atoms with van der Waals surface area (Å²) in [5, 5.41) is 39.2. The maximum Gasteiger partial charge on any atom is 0.169 e. The first kappa shape index (κ1) is 12.8. The van der Waals surface area contributed by atoms with Gasteiger partial charge in [0.25, 0.3) is 0 Å². The maximum atomic E-state index is 9.92. The molecule has 3 fully saturated rings. The van der Waals surface area contributed by atoms with Crippen LogP contribution >= 0.6 is 0 Å². The van der Waals surface area contributed by atoms with Crippen molar-refractivity contribution < 1.29 is 29.9 Å². The highest BCUT2D eigenvalue weighted by Gasteiger charge is 2.59.